The van der Waals surface area contributed by atoms with Crippen LogP contribution in [-0.2, 0) is 0 Å². The standard InChI is InChI=1S/C14H9NO4/c1-6-11-8(5-10(17)15-6)14(19)12-7(13(11)18)3-2-4-9(12)16/h2-5,16H,1H3,(H,15,17). The molecule has 0 aliphatic heterocycles. The maximum Gasteiger partial charge on any atom is 0.248 e. The largest absolute Gasteiger partial charge is 0.507 e. The van der Waals surface area contributed by atoms with Crippen LogP contribution in [-0.4, -0.2) is 21.7 Å². The lowest BCUT2D eigenvalue weighted by Gasteiger charge is -2.19. The van der Waals surface area contributed by atoms with E-state index >= 15 is 0 Å². The Balaban J connectivity index is 2.43. The maximum atomic E-state index is 12.4. The number of pyridine rings is 1. The van der Waals surface area contributed by atoms with Crippen molar-refractivity contribution in [2.45, 2.75) is 6.92 Å². The van der Waals surface area contributed by atoms with Crippen LogP contribution in [0.25, 0.3) is 0 Å². The van der Waals surface area contributed by atoms with E-state index in [1.54, 1.807) is 6.92 Å². The van der Waals surface area contributed by atoms with Crippen molar-refractivity contribution in [2.75, 3.05) is 0 Å². The second kappa shape index (κ2) is 3.65. The summed E-state index contributed by atoms with van der Waals surface area (Å²) in [5, 5.41) is 9.75. The summed E-state index contributed by atoms with van der Waals surface area (Å²) >= 11 is 0. The zero-order chi connectivity index (χ0) is 13.7. The molecule has 3 rings (SSSR count). The molecule has 0 amide bonds. The molecule has 2 aromatic rings. The molecule has 1 aromatic heterocycles. The minimum absolute atomic E-state index is 0.0370. The van der Waals surface area contributed by atoms with Gasteiger partial charge < -0.3 is 10.1 Å². The molecule has 94 valence electrons. The maximum absolute atomic E-state index is 12.4. The van der Waals surface area contributed by atoms with Gasteiger partial charge in [-0.05, 0) is 13.0 Å². The fraction of sp³-hybridized carbons (Fsp3) is 0.0714. The van der Waals surface area contributed by atoms with Gasteiger partial charge in [-0.25, -0.2) is 0 Å². The third-order valence-corrected chi connectivity index (χ3v) is 3.22. The van der Waals surface area contributed by atoms with Gasteiger partial charge in [0.05, 0.1) is 11.1 Å². The van der Waals surface area contributed by atoms with Crippen molar-refractivity contribution in [3.8, 4) is 5.75 Å². The Bertz CT molecular complexity index is 802. The fourth-order valence-electron chi connectivity index (χ4n) is 2.40. The Morgan fingerprint density at radius 1 is 1.00 bits per heavy atom. The van der Waals surface area contributed by atoms with E-state index in [9.17, 15) is 19.5 Å². The molecule has 1 heterocycles. The molecule has 0 bridgehead atoms. The van der Waals surface area contributed by atoms with Gasteiger partial charge in [-0.2, -0.15) is 0 Å². The Hall–Kier alpha value is -2.69. The van der Waals surface area contributed by atoms with Gasteiger partial charge in [0.25, 0.3) is 0 Å². The van der Waals surface area contributed by atoms with E-state index in [0.717, 1.165) is 6.07 Å². The minimum Gasteiger partial charge on any atom is -0.507 e. The van der Waals surface area contributed by atoms with Crippen molar-refractivity contribution in [3.05, 3.63) is 62.6 Å². The van der Waals surface area contributed by atoms with Gasteiger partial charge in [0, 0.05) is 22.9 Å². The number of aromatic hydroxyl groups is 1. The molecular weight excluding hydrogens is 246 g/mol. The van der Waals surface area contributed by atoms with Crippen molar-refractivity contribution in [2.24, 2.45) is 0 Å². The first-order chi connectivity index (χ1) is 9.00. The Morgan fingerprint density at radius 3 is 2.42 bits per heavy atom. The number of H-pyrrole nitrogens is 1. The lowest BCUT2D eigenvalue weighted by atomic mass is 9.83. The van der Waals surface area contributed by atoms with Gasteiger partial charge in [0.1, 0.15) is 5.75 Å². The Kier molecular flexibility index (Phi) is 2.19. The number of ketones is 2. The number of aromatic nitrogens is 1. The van der Waals surface area contributed by atoms with Crippen molar-refractivity contribution in [1.82, 2.24) is 4.98 Å². The highest BCUT2D eigenvalue weighted by molar-refractivity contribution is 6.29. The van der Waals surface area contributed by atoms with Gasteiger partial charge in [0.2, 0.25) is 5.56 Å². The van der Waals surface area contributed by atoms with Gasteiger partial charge in [-0.1, -0.05) is 12.1 Å². The van der Waals surface area contributed by atoms with E-state index in [1.165, 1.54) is 18.2 Å². The molecule has 0 fully saturated rings. The molecule has 0 saturated carbocycles. The number of hydrogen-bond donors (Lipinski definition) is 2. The minimum atomic E-state index is -0.503. The first-order valence-corrected chi connectivity index (χ1v) is 5.66. The lowest BCUT2D eigenvalue weighted by Crippen LogP contribution is -2.26. The summed E-state index contributed by atoms with van der Waals surface area (Å²) < 4.78 is 0. The normalized spacial score (nSPS) is 13.1. The average Bonchev–Trinajstić information content (AvgIpc) is 2.35. The predicted molar refractivity (Wildman–Crippen MR) is 66.8 cm³/mol. The summed E-state index contributed by atoms with van der Waals surface area (Å²) in [6.07, 6.45) is 0. The lowest BCUT2D eigenvalue weighted by molar-refractivity contribution is 0.0975. The molecule has 2 N–H and O–H groups in total. The smallest absolute Gasteiger partial charge is 0.248 e. The van der Waals surface area contributed by atoms with Crippen molar-refractivity contribution in [1.29, 1.82) is 0 Å². The number of hydrogen-bond acceptors (Lipinski definition) is 4. The van der Waals surface area contributed by atoms with Crippen molar-refractivity contribution in [3.63, 3.8) is 0 Å². The van der Waals surface area contributed by atoms with Crippen LogP contribution in [0, 0.1) is 6.92 Å². The molecule has 0 unspecified atom stereocenters. The van der Waals surface area contributed by atoms with Crippen LogP contribution in [0.15, 0.2) is 29.1 Å². The number of carbonyl (C=O) groups excluding carboxylic acids is 2. The fourth-order valence-corrected chi connectivity index (χ4v) is 2.40. The number of aryl methyl sites for hydroxylation is 1. The highest BCUT2D eigenvalue weighted by atomic mass is 16.3. The highest BCUT2D eigenvalue weighted by Gasteiger charge is 2.33. The second-order valence-corrected chi connectivity index (χ2v) is 4.41. The van der Waals surface area contributed by atoms with E-state index in [4.69, 9.17) is 0 Å². The summed E-state index contributed by atoms with van der Waals surface area (Å²) in [5.41, 5.74) is 0.270. The van der Waals surface area contributed by atoms with E-state index < -0.39 is 11.3 Å². The molecule has 1 aliphatic carbocycles. The summed E-state index contributed by atoms with van der Waals surface area (Å²) in [6, 6.07) is 5.43. The quantitative estimate of drug-likeness (QED) is 0.631. The van der Waals surface area contributed by atoms with Crippen LogP contribution >= 0.6 is 0 Å². The van der Waals surface area contributed by atoms with E-state index in [1.807, 2.05) is 0 Å². The van der Waals surface area contributed by atoms with Gasteiger partial charge in [-0.3, -0.25) is 14.4 Å². The highest BCUT2D eigenvalue weighted by Crippen LogP contribution is 2.32. The first-order valence-electron chi connectivity index (χ1n) is 5.66. The van der Waals surface area contributed by atoms with E-state index in [0.29, 0.717) is 5.69 Å². The number of rotatable bonds is 0. The van der Waals surface area contributed by atoms with Gasteiger partial charge >= 0.3 is 0 Å². The van der Waals surface area contributed by atoms with E-state index in [2.05, 4.69) is 4.98 Å². The number of fused-ring (bicyclic) bond motifs is 2. The number of phenols is 1. The summed E-state index contributed by atoms with van der Waals surface area (Å²) in [4.78, 5) is 38.6. The SMILES string of the molecule is Cc1[nH]c(=O)cc2c1C(=O)c1cccc(O)c1C2=O. The van der Waals surface area contributed by atoms with Crippen LogP contribution in [0.4, 0.5) is 0 Å². The van der Waals surface area contributed by atoms with Crippen LogP contribution in [0.5, 0.6) is 5.75 Å². The topological polar surface area (TPSA) is 87.2 Å². The molecule has 1 aliphatic rings. The van der Waals surface area contributed by atoms with Crippen LogP contribution in [0.2, 0.25) is 0 Å². The zero-order valence-electron chi connectivity index (χ0n) is 9.98. The summed E-state index contributed by atoms with van der Waals surface area (Å²) in [7, 11) is 0. The monoisotopic (exact) mass is 255 g/mol. The number of carbonyl (C=O) groups is 2. The zero-order valence-corrected chi connectivity index (χ0v) is 9.98. The first kappa shape index (κ1) is 11.4. The molecule has 5 nitrogen and oxygen atoms in total. The number of phenolic OH excluding ortho intramolecular Hbond substituents is 1. The number of aromatic amines is 1. The molecule has 19 heavy (non-hydrogen) atoms. The number of benzene rings is 1. The Labute approximate surface area is 107 Å². The van der Waals surface area contributed by atoms with E-state index in [-0.39, 0.29) is 33.8 Å². The van der Waals surface area contributed by atoms with Gasteiger partial charge in [0.15, 0.2) is 11.6 Å². The second-order valence-electron chi connectivity index (χ2n) is 4.41. The Morgan fingerprint density at radius 2 is 1.68 bits per heavy atom. The summed E-state index contributed by atoms with van der Waals surface area (Å²) in [5.74, 6) is -1.12. The molecule has 0 radical (unpaired) electrons. The molecule has 0 atom stereocenters. The van der Waals surface area contributed by atoms with Crippen LogP contribution < -0.4 is 5.56 Å². The van der Waals surface area contributed by atoms with Crippen molar-refractivity contribution >= 4 is 11.6 Å². The third-order valence-electron chi connectivity index (χ3n) is 3.22. The van der Waals surface area contributed by atoms with Crippen LogP contribution in [0.3, 0.4) is 0 Å². The van der Waals surface area contributed by atoms with Crippen molar-refractivity contribution < 1.29 is 14.7 Å². The third kappa shape index (κ3) is 1.45. The average molecular weight is 255 g/mol. The van der Waals surface area contributed by atoms with Gasteiger partial charge in [-0.15, -0.1) is 0 Å². The predicted octanol–water partition coefficient (Wildman–Crippen LogP) is 1.16. The molecule has 0 saturated heterocycles. The number of nitrogens with one attached hydrogen (secondary N) is 1. The molecular formula is C14H9NO4. The summed E-state index contributed by atoms with van der Waals surface area (Å²) in [6.45, 7) is 1.57. The van der Waals surface area contributed by atoms with Crippen LogP contribution in [0.1, 0.15) is 37.5 Å². The molecule has 0 spiro atoms. The molecule has 5 heteroatoms. The molecule has 1 aromatic carbocycles.